The van der Waals surface area contributed by atoms with E-state index in [2.05, 4.69) is 42.5 Å². The summed E-state index contributed by atoms with van der Waals surface area (Å²) in [5.74, 6) is -5.73. The summed E-state index contributed by atoms with van der Waals surface area (Å²) in [7, 11) is 0. The Balaban J connectivity index is 1.47. The summed E-state index contributed by atoms with van der Waals surface area (Å²) in [4.78, 5) is 111. The molecule has 4 aromatic rings. The van der Waals surface area contributed by atoms with Crippen molar-refractivity contribution >= 4 is 47.3 Å². The Bertz CT molecular complexity index is 1930. The molecule has 8 atom stereocenters. The lowest BCUT2D eigenvalue weighted by molar-refractivity contribution is -0.136. The van der Waals surface area contributed by atoms with Crippen LogP contribution in [0.25, 0.3) is 0 Å². The third kappa shape index (κ3) is 14.4. The van der Waals surface area contributed by atoms with Gasteiger partial charge in [-0.1, -0.05) is 121 Å². The van der Waals surface area contributed by atoms with Gasteiger partial charge in [-0.3, -0.25) is 38.4 Å². The molecule has 0 aromatic heterocycles. The third-order valence-electron chi connectivity index (χ3n) is 10.7. The molecule has 0 bridgehead atoms. The van der Waals surface area contributed by atoms with Gasteiger partial charge in [0.15, 0.2) is 0 Å². The SMILES string of the molecule is C[C@H]1NC(=O)[C@H](Cc2ccccc2)NC(=O)[C@@H](C)NC(=O)[C@H](Cc2ccccc2)NC(=O)[C@@H](C)NC(=O)[C@H](Cc2ccccc2)NC(=O)[C@@H](C)NC(=O)[C@H](Cc2ccccc2)NC1=O. The number of nitrogens with one attached hydrogen (secondary N) is 8. The van der Waals surface area contributed by atoms with Gasteiger partial charge in [-0.25, -0.2) is 0 Å². The van der Waals surface area contributed by atoms with Gasteiger partial charge < -0.3 is 42.5 Å². The largest absolute Gasteiger partial charge is 0.343 e. The molecular formula is C48H56N8O8. The van der Waals surface area contributed by atoms with Gasteiger partial charge in [0.05, 0.1) is 0 Å². The molecule has 0 radical (unpaired) electrons. The van der Waals surface area contributed by atoms with Gasteiger partial charge in [-0.05, 0) is 49.9 Å². The van der Waals surface area contributed by atoms with Crippen LogP contribution in [0.2, 0.25) is 0 Å². The average molecular weight is 873 g/mol. The van der Waals surface area contributed by atoms with Crippen LogP contribution in [0.4, 0.5) is 0 Å². The lowest BCUT2D eigenvalue weighted by Crippen LogP contribution is -2.61. The monoisotopic (exact) mass is 872 g/mol. The van der Waals surface area contributed by atoms with Gasteiger partial charge in [0.1, 0.15) is 48.3 Å². The first-order chi connectivity index (χ1) is 30.7. The van der Waals surface area contributed by atoms with E-state index in [4.69, 9.17) is 0 Å². The molecule has 0 unspecified atom stereocenters. The fraction of sp³-hybridized carbons (Fsp3) is 0.333. The predicted octanol–water partition coefficient (Wildman–Crippen LogP) is 0.929. The summed E-state index contributed by atoms with van der Waals surface area (Å²) in [5.41, 5.74) is 2.78. The van der Waals surface area contributed by atoms with Gasteiger partial charge in [0.25, 0.3) is 0 Å². The van der Waals surface area contributed by atoms with Gasteiger partial charge in [0.2, 0.25) is 47.3 Å². The van der Waals surface area contributed by atoms with Crippen LogP contribution >= 0.6 is 0 Å². The van der Waals surface area contributed by atoms with Crippen molar-refractivity contribution in [1.29, 1.82) is 0 Å². The maximum absolute atomic E-state index is 13.9. The van der Waals surface area contributed by atoms with E-state index in [1.807, 2.05) is 0 Å². The highest BCUT2D eigenvalue weighted by Crippen LogP contribution is 2.10. The van der Waals surface area contributed by atoms with Crippen LogP contribution in [-0.2, 0) is 64.0 Å². The van der Waals surface area contributed by atoms with Crippen LogP contribution in [0.1, 0.15) is 49.9 Å². The molecule has 0 saturated carbocycles. The van der Waals surface area contributed by atoms with E-state index in [0.717, 1.165) is 0 Å². The lowest BCUT2D eigenvalue weighted by atomic mass is 10.0. The predicted molar refractivity (Wildman–Crippen MR) is 239 cm³/mol. The number of hydrogen-bond acceptors (Lipinski definition) is 8. The Hall–Kier alpha value is -7.36. The minimum absolute atomic E-state index is 0.0227. The van der Waals surface area contributed by atoms with E-state index in [1.165, 1.54) is 27.7 Å². The number of rotatable bonds is 8. The fourth-order valence-electron chi connectivity index (χ4n) is 6.94. The molecule has 1 fully saturated rings. The zero-order valence-electron chi connectivity index (χ0n) is 36.3. The van der Waals surface area contributed by atoms with Gasteiger partial charge in [-0.15, -0.1) is 0 Å². The van der Waals surface area contributed by atoms with Crippen LogP contribution in [0, 0.1) is 0 Å². The van der Waals surface area contributed by atoms with Crippen LogP contribution < -0.4 is 42.5 Å². The molecule has 0 aliphatic carbocycles. The molecule has 1 saturated heterocycles. The van der Waals surface area contributed by atoms with Crippen molar-refractivity contribution in [1.82, 2.24) is 42.5 Å². The van der Waals surface area contributed by atoms with Crippen molar-refractivity contribution in [2.75, 3.05) is 0 Å². The van der Waals surface area contributed by atoms with Crippen LogP contribution in [-0.4, -0.2) is 95.6 Å². The average Bonchev–Trinajstić information content (AvgIpc) is 3.28. The topological polar surface area (TPSA) is 233 Å². The first kappa shape index (κ1) is 47.7. The Kier molecular flexibility index (Phi) is 17.3. The van der Waals surface area contributed by atoms with Crippen molar-refractivity contribution in [3.63, 3.8) is 0 Å². The van der Waals surface area contributed by atoms with Crippen molar-refractivity contribution in [2.24, 2.45) is 0 Å². The summed E-state index contributed by atoms with van der Waals surface area (Å²) < 4.78 is 0. The minimum atomic E-state index is -1.21. The Morgan fingerprint density at radius 2 is 0.438 bits per heavy atom. The van der Waals surface area contributed by atoms with Gasteiger partial charge >= 0.3 is 0 Å². The summed E-state index contributed by atoms with van der Waals surface area (Å²) in [6.45, 7) is 5.70. The van der Waals surface area contributed by atoms with Gasteiger partial charge in [-0.2, -0.15) is 0 Å². The highest BCUT2D eigenvalue weighted by atomic mass is 16.2. The van der Waals surface area contributed by atoms with E-state index in [9.17, 15) is 38.4 Å². The van der Waals surface area contributed by atoms with Crippen LogP contribution in [0.15, 0.2) is 121 Å². The van der Waals surface area contributed by atoms with Crippen molar-refractivity contribution < 1.29 is 38.4 Å². The lowest BCUT2D eigenvalue weighted by Gasteiger charge is -2.27. The highest BCUT2D eigenvalue weighted by molar-refractivity contribution is 5.98. The second-order valence-corrected chi connectivity index (χ2v) is 15.9. The number of benzene rings is 4. The number of carbonyl (C=O) groups is 8. The molecule has 64 heavy (non-hydrogen) atoms. The van der Waals surface area contributed by atoms with E-state index in [-0.39, 0.29) is 25.7 Å². The second-order valence-electron chi connectivity index (χ2n) is 15.9. The van der Waals surface area contributed by atoms with Crippen molar-refractivity contribution in [3.8, 4) is 0 Å². The highest BCUT2D eigenvalue weighted by Gasteiger charge is 2.33. The number of carbonyl (C=O) groups excluding carboxylic acids is 8. The van der Waals surface area contributed by atoms with E-state index in [1.54, 1.807) is 121 Å². The van der Waals surface area contributed by atoms with Crippen LogP contribution in [0.5, 0.6) is 0 Å². The number of amides is 8. The molecule has 16 heteroatoms. The first-order valence-corrected chi connectivity index (χ1v) is 21.3. The molecule has 1 heterocycles. The molecule has 1 aliphatic rings. The standard InChI is InChI=1S/C48H56N8O8/c1-29-41(57)53-38(26-34-19-11-6-12-20-34)46(62)50-31(3)43(59)55-40(28-36-23-15-8-16-24-36)48(64)52-32(4)44(60)56-39(27-35-21-13-7-14-22-35)47(63)51-30(2)42(58)54-37(45(61)49-29)25-33-17-9-5-10-18-33/h5-24,29-32,37-40H,25-28H2,1-4H3,(H,49,61)(H,50,62)(H,51,63)(H,52,64)(H,53,57)(H,54,58)(H,55,59)(H,56,60)/t29-,30-,31-,32-,37+,38+,39+,40+/m1/s1. The molecule has 336 valence electrons. The Labute approximate surface area is 372 Å². The van der Waals surface area contributed by atoms with E-state index in [0.29, 0.717) is 22.3 Å². The van der Waals surface area contributed by atoms with Gasteiger partial charge in [0, 0.05) is 25.7 Å². The molecule has 0 spiro atoms. The minimum Gasteiger partial charge on any atom is -0.343 e. The van der Waals surface area contributed by atoms with E-state index < -0.39 is 95.6 Å². The summed E-state index contributed by atoms with van der Waals surface area (Å²) >= 11 is 0. The van der Waals surface area contributed by atoms with Crippen LogP contribution in [0.3, 0.4) is 0 Å². The maximum Gasteiger partial charge on any atom is 0.243 e. The quantitative estimate of drug-likeness (QED) is 0.127. The molecule has 8 N–H and O–H groups in total. The first-order valence-electron chi connectivity index (χ1n) is 21.3. The Morgan fingerprint density at radius 3 is 0.609 bits per heavy atom. The fourth-order valence-corrected chi connectivity index (χ4v) is 6.94. The van der Waals surface area contributed by atoms with E-state index >= 15 is 0 Å². The summed E-state index contributed by atoms with van der Waals surface area (Å²) in [5, 5.41) is 21.4. The summed E-state index contributed by atoms with van der Waals surface area (Å²) in [6.07, 6.45) is 0.0909. The normalized spacial score (nSPS) is 24.8. The van der Waals surface area contributed by atoms with Crippen molar-refractivity contribution in [3.05, 3.63) is 144 Å². The second kappa shape index (κ2) is 23.2. The molecular weight excluding hydrogens is 817 g/mol. The zero-order chi connectivity index (χ0) is 46.2. The molecule has 8 amide bonds. The third-order valence-corrected chi connectivity index (χ3v) is 10.7. The molecule has 4 aromatic carbocycles. The van der Waals surface area contributed by atoms with Crippen molar-refractivity contribution in [2.45, 2.75) is 102 Å². The maximum atomic E-state index is 13.9. The smallest absolute Gasteiger partial charge is 0.243 e. The zero-order valence-corrected chi connectivity index (χ0v) is 36.3. The number of hydrogen-bond donors (Lipinski definition) is 8. The molecule has 5 rings (SSSR count). The molecule has 16 nitrogen and oxygen atoms in total. The Morgan fingerprint density at radius 1 is 0.266 bits per heavy atom. The molecule has 1 aliphatic heterocycles. The summed E-state index contributed by atoms with van der Waals surface area (Å²) in [6, 6.07) is 25.8.